The van der Waals surface area contributed by atoms with Crippen LogP contribution in [0.3, 0.4) is 0 Å². The van der Waals surface area contributed by atoms with E-state index in [-0.39, 0.29) is 12.0 Å². The van der Waals surface area contributed by atoms with Gasteiger partial charge in [0, 0.05) is 39.0 Å². The third-order valence-electron chi connectivity index (χ3n) is 5.38. The van der Waals surface area contributed by atoms with E-state index in [0.717, 1.165) is 57.1 Å². The van der Waals surface area contributed by atoms with Gasteiger partial charge in [0.2, 0.25) is 0 Å². The molecule has 3 heterocycles. The second kappa shape index (κ2) is 9.32. The Labute approximate surface area is 165 Å². The first-order valence-electron chi connectivity index (χ1n) is 10.1. The molecular formula is C21H28N4O3. The number of benzene rings is 1. The zero-order valence-electron chi connectivity index (χ0n) is 16.2. The van der Waals surface area contributed by atoms with Crippen LogP contribution < -0.4 is 0 Å². The third kappa shape index (κ3) is 4.60. The zero-order valence-corrected chi connectivity index (χ0v) is 16.2. The van der Waals surface area contributed by atoms with Gasteiger partial charge in [0.15, 0.2) is 0 Å². The van der Waals surface area contributed by atoms with Gasteiger partial charge in [-0.05, 0) is 31.0 Å². The van der Waals surface area contributed by atoms with Crippen LogP contribution in [0, 0.1) is 0 Å². The van der Waals surface area contributed by atoms with Crippen LogP contribution in [0.15, 0.2) is 42.6 Å². The zero-order chi connectivity index (χ0) is 19.2. The van der Waals surface area contributed by atoms with Gasteiger partial charge in [-0.1, -0.05) is 18.2 Å². The number of rotatable bonds is 7. The van der Waals surface area contributed by atoms with E-state index in [1.807, 2.05) is 46.0 Å². The third-order valence-corrected chi connectivity index (χ3v) is 5.38. The molecule has 150 valence electrons. The van der Waals surface area contributed by atoms with E-state index in [9.17, 15) is 4.79 Å². The number of carbonyl (C=O) groups is 1. The molecule has 0 aliphatic carbocycles. The van der Waals surface area contributed by atoms with Gasteiger partial charge in [-0.3, -0.25) is 9.69 Å². The van der Waals surface area contributed by atoms with Crippen LogP contribution >= 0.6 is 0 Å². The van der Waals surface area contributed by atoms with Crippen molar-refractivity contribution >= 4 is 5.91 Å². The Hall–Kier alpha value is -2.22. The van der Waals surface area contributed by atoms with Crippen molar-refractivity contribution in [3.8, 4) is 5.69 Å². The minimum Gasteiger partial charge on any atom is -0.379 e. The SMILES string of the molecule is O=C([C@H]1CCCO1)N(CCN1CCOCC1)Cc1ccnn1-c1ccccc1. The van der Waals surface area contributed by atoms with E-state index in [1.165, 1.54) is 0 Å². The lowest BCUT2D eigenvalue weighted by molar-refractivity contribution is -0.142. The van der Waals surface area contributed by atoms with E-state index in [2.05, 4.69) is 10.00 Å². The second-order valence-electron chi connectivity index (χ2n) is 7.29. The molecule has 7 heteroatoms. The molecule has 1 aromatic heterocycles. The molecule has 1 atom stereocenters. The van der Waals surface area contributed by atoms with Crippen molar-refractivity contribution in [2.45, 2.75) is 25.5 Å². The minimum absolute atomic E-state index is 0.0894. The molecule has 28 heavy (non-hydrogen) atoms. The van der Waals surface area contributed by atoms with E-state index in [0.29, 0.717) is 19.7 Å². The maximum absolute atomic E-state index is 13.1. The van der Waals surface area contributed by atoms with E-state index in [4.69, 9.17) is 9.47 Å². The molecule has 0 unspecified atom stereocenters. The van der Waals surface area contributed by atoms with Gasteiger partial charge >= 0.3 is 0 Å². The molecule has 0 spiro atoms. The summed E-state index contributed by atoms with van der Waals surface area (Å²) in [7, 11) is 0. The molecule has 0 radical (unpaired) electrons. The lowest BCUT2D eigenvalue weighted by Crippen LogP contribution is -2.45. The molecule has 0 saturated carbocycles. The standard InChI is InChI=1S/C21H28N4O3/c26-21(20-7-4-14-28-20)24(11-10-23-12-15-27-16-13-23)17-19-8-9-22-25(19)18-5-2-1-3-6-18/h1-3,5-6,8-9,20H,4,7,10-17H2/t20-/m1/s1. The largest absolute Gasteiger partial charge is 0.379 e. The summed E-state index contributed by atoms with van der Waals surface area (Å²) in [5.74, 6) is 0.0894. The molecule has 4 rings (SSSR count). The summed E-state index contributed by atoms with van der Waals surface area (Å²) in [5, 5.41) is 4.47. The van der Waals surface area contributed by atoms with Crippen molar-refractivity contribution in [3.05, 3.63) is 48.3 Å². The van der Waals surface area contributed by atoms with Crippen LogP contribution in [0.25, 0.3) is 5.69 Å². The highest BCUT2D eigenvalue weighted by molar-refractivity contribution is 5.81. The minimum atomic E-state index is -0.308. The predicted molar refractivity (Wildman–Crippen MR) is 105 cm³/mol. The van der Waals surface area contributed by atoms with E-state index < -0.39 is 0 Å². The number of nitrogens with zero attached hydrogens (tertiary/aromatic N) is 4. The lowest BCUT2D eigenvalue weighted by atomic mass is 10.2. The van der Waals surface area contributed by atoms with Gasteiger partial charge in [-0.2, -0.15) is 5.10 Å². The number of hydrogen-bond acceptors (Lipinski definition) is 5. The van der Waals surface area contributed by atoms with Gasteiger partial charge in [-0.15, -0.1) is 0 Å². The number of hydrogen-bond donors (Lipinski definition) is 0. The molecule has 2 aromatic rings. The van der Waals surface area contributed by atoms with Crippen LogP contribution in [-0.4, -0.2) is 77.6 Å². The van der Waals surface area contributed by atoms with Gasteiger partial charge in [0.1, 0.15) is 6.10 Å². The molecule has 2 saturated heterocycles. The molecule has 7 nitrogen and oxygen atoms in total. The van der Waals surface area contributed by atoms with Crippen LogP contribution in [0.4, 0.5) is 0 Å². The summed E-state index contributed by atoms with van der Waals surface area (Å²) in [4.78, 5) is 17.4. The van der Waals surface area contributed by atoms with Crippen molar-refractivity contribution in [1.29, 1.82) is 0 Å². The molecule has 1 amide bonds. The summed E-state index contributed by atoms with van der Waals surface area (Å²) < 4.78 is 13.0. The highest BCUT2D eigenvalue weighted by Crippen LogP contribution is 2.18. The maximum Gasteiger partial charge on any atom is 0.252 e. The summed E-state index contributed by atoms with van der Waals surface area (Å²) >= 11 is 0. The Balaban J connectivity index is 1.48. The van der Waals surface area contributed by atoms with Gasteiger partial charge in [0.25, 0.3) is 5.91 Å². The summed E-state index contributed by atoms with van der Waals surface area (Å²) in [6, 6.07) is 12.0. The maximum atomic E-state index is 13.1. The Kier molecular flexibility index (Phi) is 6.36. The van der Waals surface area contributed by atoms with Gasteiger partial charge in [-0.25, -0.2) is 4.68 Å². The average Bonchev–Trinajstić information content (AvgIpc) is 3.44. The lowest BCUT2D eigenvalue weighted by Gasteiger charge is -2.31. The quantitative estimate of drug-likeness (QED) is 0.727. The molecular weight excluding hydrogens is 356 g/mol. The van der Waals surface area contributed by atoms with Crippen molar-refractivity contribution in [2.24, 2.45) is 0 Å². The number of carbonyl (C=O) groups excluding carboxylic acids is 1. The van der Waals surface area contributed by atoms with Crippen LogP contribution in [0.5, 0.6) is 0 Å². The first-order valence-corrected chi connectivity index (χ1v) is 10.1. The van der Waals surface area contributed by atoms with E-state index >= 15 is 0 Å². The van der Waals surface area contributed by atoms with Gasteiger partial charge < -0.3 is 14.4 Å². The molecule has 0 bridgehead atoms. The van der Waals surface area contributed by atoms with Crippen molar-refractivity contribution in [1.82, 2.24) is 19.6 Å². The second-order valence-corrected chi connectivity index (χ2v) is 7.29. The fourth-order valence-corrected chi connectivity index (χ4v) is 3.78. The summed E-state index contributed by atoms with van der Waals surface area (Å²) in [6.45, 7) is 6.10. The number of ether oxygens (including phenoxy) is 2. The molecule has 1 aromatic carbocycles. The summed E-state index contributed by atoms with van der Waals surface area (Å²) in [6.07, 6.45) is 3.25. The van der Waals surface area contributed by atoms with Crippen molar-refractivity contribution in [2.75, 3.05) is 46.0 Å². The number of aromatic nitrogens is 2. The fraction of sp³-hybridized carbons (Fsp3) is 0.524. The first-order chi connectivity index (χ1) is 13.8. The highest BCUT2D eigenvalue weighted by Gasteiger charge is 2.29. The summed E-state index contributed by atoms with van der Waals surface area (Å²) in [5.41, 5.74) is 2.00. The Morgan fingerprint density at radius 3 is 2.71 bits per heavy atom. The molecule has 2 aliphatic rings. The number of para-hydroxylation sites is 1. The van der Waals surface area contributed by atoms with Crippen LogP contribution in [-0.2, 0) is 20.8 Å². The van der Waals surface area contributed by atoms with Crippen molar-refractivity contribution < 1.29 is 14.3 Å². The van der Waals surface area contributed by atoms with Gasteiger partial charge in [0.05, 0.1) is 31.1 Å². The van der Waals surface area contributed by atoms with Crippen molar-refractivity contribution in [3.63, 3.8) is 0 Å². The first kappa shape index (κ1) is 19.1. The number of morpholine rings is 1. The molecule has 0 N–H and O–H groups in total. The molecule has 2 aliphatic heterocycles. The normalized spacial score (nSPS) is 20.4. The Bertz CT molecular complexity index is 752. The van der Waals surface area contributed by atoms with E-state index in [1.54, 1.807) is 6.20 Å². The van der Waals surface area contributed by atoms with Crippen LogP contribution in [0.1, 0.15) is 18.5 Å². The predicted octanol–water partition coefficient (Wildman–Crippen LogP) is 1.71. The highest BCUT2D eigenvalue weighted by atomic mass is 16.5. The monoisotopic (exact) mass is 384 g/mol. The smallest absolute Gasteiger partial charge is 0.252 e. The fourth-order valence-electron chi connectivity index (χ4n) is 3.78. The Morgan fingerprint density at radius 1 is 1.14 bits per heavy atom. The number of amides is 1. The topological polar surface area (TPSA) is 59.8 Å². The Morgan fingerprint density at radius 2 is 1.96 bits per heavy atom. The van der Waals surface area contributed by atoms with Crippen LogP contribution in [0.2, 0.25) is 0 Å². The average molecular weight is 384 g/mol. The molecule has 2 fully saturated rings.